The first-order chi connectivity index (χ1) is 2.45. The number of hydrogen-bond acceptors (Lipinski definition) is 2. The minimum absolute atomic E-state index is 3.27. The van der Waals surface area contributed by atoms with Gasteiger partial charge in [0.15, 0.2) is 0 Å². The van der Waals surface area contributed by atoms with E-state index in [1.165, 1.54) is 0 Å². The first-order valence-electron chi connectivity index (χ1n) is 1.70. The van der Waals surface area contributed by atoms with Crippen LogP contribution in [0.4, 0.5) is 0 Å². The molecule has 7 heteroatoms. The molecule has 0 atom stereocenters. The molecule has 0 saturated heterocycles. The Kier molecular flexibility index (Phi) is 2.76. The molecule has 0 aliphatic heterocycles. The van der Waals surface area contributed by atoms with Crippen LogP contribution in [0.2, 0.25) is 0 Å². The van der Waals surface area contributed by atoms with Gasteiger partial charge in [0, 0.05) is 0 Å². The minimum atomic E-state index is -3.74. The third-order valence-electron chi connectivity index (χ3n) is 0. The van der Waals surface area contributed by atoms with Crippen LogP contribution in [0.3, 0.4) is 0 Å². The van der Waals surface area contributed by atoms with Crippen molar-refractivity contribution in [3.63, 3.8) is 0 Å². The standard InChI is InChI=1S/4BrH.2H2S.Zn/h4*1H;2*1H2;/q;;;;;;+6/p-6. The molecule has 0 saturated carbocycles. The molecule has 0 nitrogen and oxygen atoms in total. The van der Waals surface area contributed by atoms with Crippen molar-refractivity contribution < 1.29 is 2.15 Å². The van der Waals surface area contributed by atoms with E-state index in [1.54, 1.807) is 0 Å². The van der Waals surface area contributed by atoms with E-state index < -0.39 is 2.15 Å². The van der Waals surface area contributed by atoms with Crippen molar-refractivity contribution in [2.45, 2.75) is 0 Å². The van der Waals surface area contributed by atoms with Crippen LogP contribution in [0.5, 0.6) is 0 Å². The van der Waals surface area contributed by atoms with Gasteiger partial charge in [-0.15, -0.1) is 0 Å². The Morgan fingerprint density at radius 3 is 0.857 bits per heavy atom. The third kappa shape index (κ3) is 46.1. The Morgan fingerprint density at radius 2 is 0.857 bits per heavy atom. The van der Waals surface area contributed by atoms with Gasteiger partial charge in [-0.05, 0) is 0 Å². The van der Waals surface area contributed by atoms with Crippen LogP contribution in [0.25, 0.3) is 0 Å². The molecule has 0 N–H and O–H groups in total. The van der Waals surface area contributed by atoms with Crippen molar-refractivity contribution in [1.29, 1.82) is 0 Å². The predicted molar refractivity (Wildman–Crippen MR) is 53.7 cm³/mol. The summed E-state index contributed by atoms with van der Waals surface area (Å²) < 4.78 is -3.74. The molecule has 7 heavy (non-hydrogen) atoms. The van der Waals surface area contributed by atoms with Crippen molar-refractivity contribution in [1.82, 2.24) is 0 Å². The van der Waals surface area contributed by atoms with Crippen LogP contribution < -0.4 is 0 Å². The van der Waals surface area contributed by atoms with Gasteiger partial charge in [-0.25, -0.2) is 0 Å². The van der Waals surface area contributed by atoms with E-state index in [4.69, 9.17) is 0 Å². The number of hydrogen-bond donors (Lipinski definition) is 2. The molecular weight excluding hydrogens is 449 g/mol. The average Bonchev–Trinajstić information content (AvgIpc) is 0.592. The van der Waals surface area contributed by atoms with E-state index in [-0.39, 0.29) is 0 Å². The van der Waals surface area contributed by atoms with Gasteiger partial charge in [-0.1, -0.05) is 0 Å². The Bertz CT molecular complexity index is 68.3. The molecule has 0 bridgehead atoms. The molecule has 0 aromatic rings. The van der Waals surface area contributed by atoms with Gasteiger partial charge < -0.3 is 0 Å². The molecule has 44 valence electrons. The summed E-state index contributed by atoms with van der Waals surface area (Å²) in [4.78, 5) is 0. The van der Waals surface area contributed by atoms with Crippen LogP contribution in [0, 0.1) is 0 Å². The molecule has 0 unspecified atom stereocenters. The molecule has 0 amide bonds. The second-order valence-electron chi connectivity index (χ2n) is 1.70. The van der Waals surface area contributed by atoms with E-state index in [1.807, 2.05) is 0 Å². The van der Waals surface area contributed by atoms with Gasteiger partial charge in [-0.2, -0.15) is 0 Å². The second-order valence-corrected chi connectivity index (χ2v) is 169. The van der Waals surface area contributed by atoms with Crippen LogP contribution in [-0.2, 0) is 2.15 Å². The second kappa shape index (κ2) is 1.89. The van der Waals surface area contributed by atoms with Gasteiger partial charge in [0.1, 0.15) is 0 Å². The summed E-state index contributed by atoms with van der Waals surface area (Å²) >= 11 is 13.1. The topological polar surface area (TPSA) is 0 Å². The summed E-state index contributed by atoms with van der Waals surface area (Å²) in [5, 5.41) is 0. The maximum atomic E-state index is 4.18. The molecule has 0 aromatic carbocycles. The van der Waals surface area contributed by atoms with Crippen molar-refractivity contribution in [3.05, 3.63) is 0 Å². The number of halogens is 4. The van der Waals surface area contributed by atoms with Gasteiger partial charge in [0.05, 0.1) is 0 Å². The Balaban J connectivity index is 4.43. The normalized spacial score (nSPS) is 18.0. The fourth-order valence-electron chi connectivity index (χ4n) is 0. The third-order valence-corrected chi connectivity index (χ3v) is 0. The zero-order chi connectivity index (χ0) is 6.41. The summed E-state index contributed by atoms with van der Waals surface area (Å²) in [6.07, 6.45) is 0. The summed E-state index contributed by atoms with van der Waals surface area (Å²) in [7, 11) is 8.35. The Labute approximate surface area is 76.2 Å². The molecule has 0 heterocycles. The van der Waals surface area contributed by atoms with Crippen LogP contribution in [0.1, 0.15) is 0 Å². The average molecular weight is 451 g/mol. The van der Waals surface area contributed by atoms with Gasteiger partial charge in [0.25, 0.3) is 0 Å². The van der Waals surface area contributed by atoms with Gasteiger partial charge >= 0.3 is 77.9 Å². The first kappa shape index (κ1) is 10.2. The zero-order valence-corrected chi connectivity index (χ0v) is 14.2. The van der Waals surface area contributed by atoms with Crippen LogP contribution >= 0.6 is 75.7 Å². The SMILES string of the molecule is [SH][Zn]([SH])([Br])([Br])([Br])[Br]. The number of rotatable bonds is 0. The molecule has 0 aliphatic rings. The number of thiol groups is 2. The molecule has 0 fully saturated rings. The summed E-state index contributed by atoms with van der Waals surface area (Å²) in [5.41, 5.74) is 0. The van der Waals surface area contributed by atoms with Gasteiger partial charge in [0.2, 0.25) is 0 Å². The van der Waals surface area contributed by atoms with Crippen LogP contribution in [-0.4, -0.2) is 0 Å². The van der Waals surface area contributed by atoms with Crippen molar-refractivity contribution in [2.75, 3.05) is 0 Å². The summed E-state index contributed by atoms with van der Waals surface area (Å²) in [6.45, 7) is 0. The maximum absolute atomic E-state index is 4.18. The monoisotopic (exact) mass is 446 g/mol. The molecule has 0 radical (unpaired) electrons. The first-order valence-corrected chi connectivity index (χ1v) is 38.7. The van der Waals surface area contributed by atoms with Crippen molar-refractivity contribution in [2.24, 2.45) is 0 Å². The van der Waals surface area contributed by atoms with Crippen LogP contribution in [0.15, 0.2) is 0 Å². The van der Waals surface area contributed by atoms with Gasteiger partial charge in [-0.3, -0.25) is 0 Å². The van der Waals surface area contributed by atoms with Crippen molar-refractivity contribution >= 4 is 75.7 Å². The van der Waals surface area contributed by atoms with E-state index in [9.17, 15) is 0 Å². The molecule has 0 aromatic heterocycles. The van der Waals surface area contributed by atoms with E-state index in [2.05, 4.69) is 75.7 Å². The molecule has 0 spiro atoms. The Morgan fingerprint density at radius 1 is 0.857 bits per heavy atom. The molecular formula is H2Br4S2Zn. The molecule has 0 rings (SSSR count). The molecule has 0 aliphatic carbocycles. The quantitative estimate of drug-likeness (QED) is 0.402. The summed E-state index contributed by atoms with van der Waals surface area (Å²) in [5.74, 6) is 0. The zero-order valence-electron chi connectivity index (χ0n) is 3.11. The van der Waals surface area contributed by atoms with E-state index in [0.717, 1.165) is 0 Å². The predicted octanol–water partition coefficient (Wildman–Crippen LogP) is 4.14. The van der Waals surface area contributed by atoms with E-state index in [0.29, 0.717) is 0 Å². The Hall–Kier alpha value is 3.24. The fourth-order valence-corrected chi connectivity index (χ4v) is 0. The van der Waals surface area contributed by atoms with Crippen molar-refractivity contribution in [3.8, 4) is 0 Å². The summed E-state index contributed by atoms with van der Waals surface area (Å²) in [6, 6.07) is 0. The van der Waals surface area contributed by atoms with E-state index >= 15 is 0 Å². The fraction of sp³-hybridized carbons (Fsp3) is 0.